The van der Waals surface area contributed by atoms with Gasteiger partial charge in [0, 0.05) is 24.2 Å². The molecule has 2 aromatic rings. The van der Waals surface area contributed by atoms with Crippen LogP contribution < -0.4 is 20.3 Å². The van der Waals surface area contributed by atoms with Crippen molar-refractivity contribution in [3.8, 4) is 5.75 Å². The molecule has 0 fully saturated rings. The van der Waals surface area contributed by atoms with Gasteiger partial charge in [0.1, 0.15) is 5.75 Å². The Balaban J connectivity index is 1.68. The van der Waals surface area contributed by atoms with Gasteiger partial charge in [0.25, 0.3) is 5.91 Å². The van der Waals surface area contributed by atoms with Gasteiger partial charge in [-0.1, -0.05) is 26.0 Å². The molecule has 3 amide bonds. The normalized spacial score (nSPS) is 15.4. The molecule has 146 valence electrons. The molecule has 7 heteroatoms. The fourth-order valence-corrected chi connectivity index (χ4v) is 2.82. The number of nitrogens with zero attached hydrogens (tertiary/aromatic N) is 1. The summed E-state index contributed by atoms with van der Waals surface area (Å²) < 4.78 is 5.79. The fraction of sp³-hybridized carbons (Fsp3) is 0.286. The third-order valence-electron chi connectivity index (χ3n) is 4.39. The first kappa shape index (κ1) is 19.4. The van der Waals surface area contributed by atoms with Crippen molar-refractivity contribution in [3.05, 3.63) is 48.5 Å². The van der Waals surface area contributed by atoms with Crippen LogP contribution >= 0.6 is 0 Å². The minimum absolute atomic E-state index is 0.0737. The number of amides is 3. The summed E-state index contributed by atoms with van der Waals surface area (Å²) in [5.74, 6) is -0.195. The Kier molecular flexibility index (Phi) is 5.63. The highest BCUT2D eigenvalue weighted by Crippen LogP contribution is 2.33. The number of hydrogen-bond acceptors (Lipinski definition) is 4. The SMILES string of the molecule is CC(=O)N1C[C@H](C(=O)Nc2ccc(NC(=O)C(C)C)cc2)Oc2ccccc21. The molecule has 0 spiro atoms. The van der Waals surface area contributed by atoms with Crippen LogP contribution in [0.2, 0.25) is 0 Å². The van der Waals surface area contributed by atoms with Crippen LogP contribution in [-0.4, -0.2) is 30.4 Å². The van der Waals surface area contributed by atoms with Crippen LogP contribution in [-0.2, 0) is 14.4 Å². The highest BCUT2D eigenvalue weighted by atomic mass is 16.5. The minimum Gasteiger partial charge on any atom is -0.476 e. The van der Waals surface area contributed by atoms with Crippen molar-refractivity contribution >= 4 is 34.8 Å². The number of fused-ring (bicyclic) bond motifs is 1. The highest BCUT2D eigenvalue weighted by molar-refractivity contribution is 5.99. The lowest BCUT2D eigenvalue weighted by molar-refractivity contribution is -0.123. The Morgan fingerprint density at radius 3 is 2.21 bits per heavy atom. The summed E-state index contributed by atoms with van der Waals surface area (Å²) in [5, 5.41) is 5.58. The van der Waals surface area contributed by atoms with Gasteiger partial charge in [0.15, 0.2) is 6.10 Å². The molecular weight excluding hydrogens is 358 g/mol. The van der Waals surface area contributed by atoms with Gasteiger partial charge >= 0.3 is 0 Å². The number of carbonyl (C=O) groups excluding carboxylic acids is 3. The molecule has 2 aromatic carbocycles. The van der Waals surface area contributed by atoms with E-state index in [1.165, 1.54) is 11.8 Å². The molecule has 0 aromatic heterocycles. The molecule has 1 aliphatic heterocycles. The molecule has 28 heavy (non-hydrogen) atoms. The maximum Gasteiger partial charge on any atom is 0.267 e. The molecule has 1 aliphatic rings. The summed E-state index contributed by atoms with van der Waals surface area (Å²) in [6.07, 6.45) is -0.820. The predicted octanol–water partition coefficient (Wildman–Crippen LogP) is 3.03. The molecule has 1 atom stereocenters. The first-order valence-electron chi connectivity index (χ1n) is 9.10. The topological polar surface area (TPSA) is 87.7 Å². The molecule has 0 saturated heterocycles. The van der Waals surface area contributed by atoms with Crippen molar-refractivity contribution < 1.29 is 19.1 Å². The van der Waals surface area contributed by atoms with Crippen LogP contribution in [0.25, 0.3) is 0 Å². The summed E-state index contributed by atoms with van der Waals surface area (Å²) in [7, 11) is 0. The first-order valence-corrected chi connectivity index (χ1v) is 9.10. The monoisotopic (exact) mass is 381 g/mol. The predicted molar refractivity (Wildman–Crippen MR) is 107 cm³/mol. The number of ether oxygens (including phenoxy) is 1. The number of para-hydroxylation sites is 2. The van der Waals surface area contributed by atoms with E-state index >= 15 is 0 Å². The number of hydrogen-bond donors (Lipinski definition) is 2. The molecule has 0 radical (unpaired) electrons. The molecule has 7 nitrogen and oxygen atoms in total. The van der Waals surface area contributed by atoms with Crippen LogP contribution in [0.5, 0.6) is 5.75 Å². The Labute approximate surface area is 163 Å². The van der Waals surface area contributed by atoms with E-state index in [2.05, 4.69) is 10.6 Å². The summed E-state index contributed by atoms with van der Waals surface area (Å²) in [4.78, 5) is 37.9. The average Bonchev–Trinajstić information content (AvgIpc) is 2.68. The van der Waals surface area contributed by atoms with Crippen LogP contribution in [0.4, 0.5) is 17.1 Å². The molecule has 0 saturated carbocycles. The van der Waals surface area contributed by atoms with Gasteiger partial charge in [0.05, 0.1) is 12.2 Å². The Bertz CT molecular complexity index is 893. The number of rotatable bonds is 4. The summed E-state index contributed by atoms with van der Waals surface area (Å²) in [5.41, 5.74) is 1.89. The van der Waals surface area contributed by atoms with E-state index in [9.17, 15) is 14.4 Å². The second kappa shape index (κ2) is 8.12. The van der Waals surface area contributed by atoms with E-state index < -0.39 is 6.10 Å². The average molecular weight is 381 g/mol. The Hall–Kier alpha value is -3.35. The quantitative estimate of drug-likeness (QED) is 0.852. The zero-order chi connectivity index (χ0) is 20.3. The van der Waals surface area contributed by atoms with E-state index in [1.54, 1.807) is 42.5 Å². The van der Waals surface area contributed by atoms with E-state index in [1.807, 2.05) is 19.9 Å². The van der Waals surface area contributed by atoms with Crippen LogP contribution in [0.1, 0.15) is 20.8 Å². The van der Waals surface area contributed by atoms with Gasteiger partial charge in [0.2, 0.25) is 11.8 Å². The molecule has 0 unspecified atom stereocenters. The van der Waals surface area contributed by atoms with Gasteiger partial charge in [-0.05, 0) is 36.4 Å². The molecule has 0 aliphatic carbocycles. The number of carbonyl (C=O) groups is 3. The van der Waals surface area contributed by atoms with Crippen molar-refractivity contribution in [2.75, 3.05) is 22.1 Å². The Morgan fingerprint density at radius 1 is 1.00 bits per heavy atom. The van der Waals surface area contributed by atoms with Crippen molar-refractivity contribution in [1.29, 1.82) is 0 Å². The molecule has 3 rings (SSSR count). The van der Waals surface area contributed by atoms with Gasteiger partial charge in [-0.25, -0.2) is 0 Å². The maximum atomic E-state index is 12.7. The molecule has 2 N–H and O–H groups in total. The van der Waals surface area contributed by atoms with Crippen molar-refractivity contribution in [1.82, 2.24) is 0 Å². The van der Waals surface area contributed by atoms with Gasteiger partial charge < -0.3 is 20.3 Å². The zero-order valence-corrected chi connectivity index (χ0v) is 16.1. The zero-order valence-electron chi connectivity index (χ0n) is 16.1. The van der Waals surface area contributed by atoms with Crippen molar-refractivity contribution in [2.45, 2.75) is 26.9 Å². The van der Waals surface area contributed by atoms with Crippen LogP contribution in [0.3, 0.4) is 0 Å². The summed E-state index contributed by atoms with van der Waals surface area (Å²) in [6, 6.07) is 14.0. The third-order valence-corrected chi connectivity index (χ3v) is 4.39. The lowest BCUT2D eigenvalue weighted by Crippen LogP contribution is -2.48. The van der Waals surface area contributed by atoms with E-state index in [4.69, 9.17) is 4.74 Å². The van der Waals surface area contributed by atoms with Crippen molar-refractivity contribution in [3.63, 3.8) is 0 Å². The lowest BCUT2D eigenvalue weighted by Gasteiger charge is -2.33. The van der Waals surface area contributed by atoms with Crippen LogP contribution in [0, 0.1) is 5.92 Å². The second-order valence-corrected chi connectivity index (χ2v) is 6.91. The lowest BCUT2D eigenvalue weighted by atomic mass is 10.1. The third kappa shape index (κ3) is 4.31. The fourth-order valence-electron chi connectivity index (χ4n) is 2.82. The van der Waals surface area contributed by atoms with Crippen molar-refractivity contribution in [2.24, 2.45) is 5.92 Å². The highest BCUT2D eigenvalue weighted by Gasteiger charge is 2.32. The first-order chi connectivity index (χ1) is 13.3. The Morgan fingerprint density at radius 2 is 1.61 bits per heavy atom. The number of anilines is 3. The number of nitrogens with one attached hydrogen (secondary N) is 2. The smallest absolute Gasteiger partial charge is 0.267 e. The maximum absolute atomic E-state index is 12.7. The van der Waals surface area contributed by atoms with E-state index in [0.29, 0.717) is 22.8 Å². The number of benzene rings is 2. The second-order valence-electron chi connectivity index (χ2n) is 6.91. The summed E-state index contributed by atoms with van der Waals surface area (Å²) >= 11 is 0. The minimum atomic E-state index is -0.820. The van der Waals surface area contributed by atoms with Gasteiger partial charge in [-0.15, -0.1) is 0 Å². The molecule has 1 heterocycles. The van der Waals surface area contributed by atoms with Gasteiger partial charge in [-0.2, -0.15) is 0 Å². The molecule has 0 bridgehead atoms. The summed E-state index contributed by atoms with van der Waals surface area (Å²) in [6.45, 7) is 5.23. The van der Waals surface area contributed by atoms with E-state index in [0.717, 1.165) is 0 Å². The van der Waals surface area contributed by atoms with E-state index in [-0.39, 0.29) is 30.2 Å². The van der Waals surface area contributed by atoms with Crippen LogP contribution in [0.15, 0.2) is 48.5 Å². The molecular formula is C21H23N3O4. The largest absolute Gasteiger partial charge is 0.476 e. The standard InChI is InChI=1S/C21H23N3O4/c1-13(2)20(26)22-15-8-10-16(11-9-15)23-21(27)19-12-24(14(3)25)17-6-4-5-7-18(17)28-19/h4-11,13,19H,12H2,1-3H3,(H,22,26)(H,23,27)/t19-/m1/s1. The van der Waals surface area contributed by atoms with Gasteiger partial charge in [-0.3, -0.25) is 14.4 Å².